The minimum Gasteiger partial charge on any atom is -0.495 e. The van der Waals surface area contributed by atoms with Gasteiger partial charge in [0.25, 0.3) is 5.91 Å². The summed E-state index contributed by atoms with van der Waals surface area (Å²) in [5, 5.41) is 0. The monoisotopic (exact) mass is 351 g/mol. The van der Waals surface area contributed by atoms with E-state index in [0.29, 0.717) is 32.5 Å². The minimum atomic E-state index is -0.131. The molecule has 1 aromatic heterocycles. The zero-order valence-corrected chi connectivity index (χ0v) is 15.2. The molecule has 1 aliphatic carbocycles. The molecule has 1 aromatic rings. The molecular formula is C18H25NO4S. The Morgan fingerprint density at radius 1 is 1.21 bits per heavy atom. The number of carbonyl (C=O) groups excluding carboxylic acids is 2. The molecule has 0 atom stereocenters. The summed E-state index contributed by atoms with van der Waals surface area (Å²) in [5.74, 6) is 0.627. The summed E-state index contributed by atoms with van der Waals surface area (Å²) in [4.78, 5) is 28.7. The molecule has 2 heterocycles. The summed E-state index contributed by atoms with van der Waals surface area (Å²) in [7, 11) is 1.65. The van der Waals surface area contributed by atoms with E-state index >= 15 is 0 Å². The fourth-order valence-corrected chi connectivity index (χ4v) is 4.94. The van der Waals surface area contributed by atoms with Crippen molar-refractivity contribution >= 4 is 23.2 Å². The molecule has 1 fully saturated rings. The van der Waals surface area contributed by atoms with Crippen molar-refractivity contribution in [2.24, 2.45) is 5.92 Å². The number of piperidine rings is 1. The van der Waals surface area contributed by atoms with Gasteiger partial charge in [-0.3, -0.25) is 9.59 Å². The Bertz CT molecular complexity index is 617. The first kappa shape index (κ1) is 17.3. The molecule has 2 aliphatic rings. The lowest BCUT2D eigenvalue weighted by Crippen LogP contribution is -2.40. The van der Waals surface area contributed by atoms with Gasteiger partial charge in [-0.2, -0.15) is 0 Å². The van der Waals surface area contributed by atoms with Gasteiger partial charge in [0.05, 0.1) is 19.6 Å². The lowest BCUT2D eigenvalue weighted by molar-refractivity contribution is -0.149. The second-order valence-corrected chi connectivity index (χ2v) is 7.50. The van der Waals surface area contributed by atoms with Crippen molar-refractivity contribution in [1.29, 1.82) is 0 Å². The minimum absolute atomic E-state index is 0.0496. The molecule has 0 radical (unpaired) electrons. The molecule has 0 bridgehead atoms. The number of likely N-dealkylation sites (tertiary alicyclic amines) is 1. The van der Waals surface area contributed by atoms with Crippen molar-refractivity contribution in [3.05, 3.63) is 15.3 Å². The molecule has 0 unspecified atom stereocenters. The molecule has 1 amide bonds. The molecule has 0 saturated carbocycles. The normalized spacial score (nSPS) is 18.2. The van der Waals surface area contributed by atoms with Gasteiger partial charge in [0.15, 0.2) is 0 Å². The van der Waals surface area contributed by atoms with Gasteiger partial charge in [-0.15, -0.1) is 11.3 Å². The van der Waals surface area contributed by atoms with Crippen LogP contribution in [0.2, 0.25) is 0 Å². The van der Waals surface area contributed by atoms with Gasteiger partial charge < -0.3 is 14.4 Å². The predicted octanol–water partition coefficient (Wildman–Crippen LogP) is 3.05. The largest absolute Gasteiger partial charge is 0.495 e. The Labute approximate surface area is 146 Å². The van der Waals surface area contributed by atoms with Gasteiger partial charge in [-0.25, -0.2) is 0 Å². The summed E-state index contributed by atoms with van der Waals surface area (Å²) in [6, 6.07) is 0. The van der Waals surface area contributed by atoms with Gasteiger partial charge in [0, 0.05) is 23.5 Å². The molecule has 0 N–H and O–H groups in total. The summed E-state index contributed by atoms with van der Waals surface area (Å²) in [6.45, 7) is 3.44. The number of hydrogen-bond acceptors (Lipinski definition) is 5. The number of methoxy groups -OCH3 is 1. The van der Waals surface area contributed by atoms with Crippen LogP contribution in [0.4, 0.5) is 0 Å². The van der Waals surface area contributed by atoms with Crippen molar-refractivity contribution in [1.82, 2.24) is 4.90 Å². The average molecular weight is 351 g/mol. The van der Waals surface area contributed by atoms with E-state index in [2.05, 4.69) is 0 Å². The van der Waals surface area contributed by atoms with Crippen LogP contribution in [0.5, 0.6) is 5.75 Å². The number of hydrogen-bond donors (Lipinski definition) is 0. The molecule has 132 valence electrons. The Hall–Kier alpha value is -1.56. The Kier molecular flexibility index (Phi) is 5.43. The molecule has 1 aliphatic heterocycles. The van der Waals surface area contributed by atoms with E-state index in [9.17, 15) is 9.59 Å². The molecule has 1 saturated heterocycles. The first-order chi connectivity index (χ1) is 11.7. The SMILES string of the molecule is CCOC(=O)C1CCN(C(=O)c2sc3c(c2OC)CCCC3)CC1. The van der Waals surface area contributed by atoms with E-state index in [4.69, 9.17) is 9.47 Å². The van der Waals surface area contributed by atoms with Crippen LogP contribution in [0.3, 0.4) is 0 Å². The highest BCUT2D eigenvalue weighted by Gasteiger charge is 2.32. The highest BCUT2D eigenvalue weighted by Crippen LogP contribution is 2.40. The van der Waals surface area contributed by atoms with Crippen LogP contribution in [-0.4, -0.2) is 43.6 Å². The van der Waals surface area contributed by atoms with Crippen LogP contribution >= 0.6 is 11.3 Å². The van der Waals surface area contributed by atoms with Crippen LogP contribution in [0.1, 0.15) is 52.7 Å². The first-order valence-corrected chi connectivity index (χ1v) is 9.61. The summed E-state index contributed by atoms with van der Waals surface area (Å²) in [6.07, 6.45) is 5.77. The fraction of sp³-hybridized carbons (Fsp3) is 0.667. The molecule has 6 heteroatoms. The van der Waals surface area contributed by atoms with Crippen LogP contribution in [0, 0.1) is 5.92 Å². The van der Waals surface area contributed by atoms with Gasteiger partial charge in [-0.1, -0.05) is 0 Å². The summed E-state index contributed by atoms with van der Waals surface area (Å²) < 4.78 is 10.7. The molecular weight excluding hydrogens is 326 g/mol. The fourth-order valence-electron chi connectivity index (χ4n) is 3.62. The predicted molar refractivity (Wildman–Crippen MR) is 92.8 cm³/mol. The van der Waals surface area contributed by atoms with Crippen molar-refractivity contribution in [2.45, 2.75) is 45.4 Å². The van der Waals surface area contributed by atoms with Crippen molar-refractivity contribution in [3.63, 3.8) is 0 Å². The maximum Gasteiger partial charge on any atom is 0.309 e. The molecule has 0 spiro atoms. The number of rotatable bonds is 4. The third-order valence-electron chi connectivity index (χ3n) is 4.92. The third-order valence-corrected chi connectivity index (χ3v) is 6.18. The summed E-state index contributed by atoms with van der Waals surface area (Å²) >= 11 is 1.60. The lowest BCUT2D eigenvalue weighted by atomic mass is 9.96. The third kappa shape index (κ3) is 3.29. The zero-order chi connectivity index (χ0) is 17.1. The van der Waals surface area contributed by atoms with Crippen LogP contribution in [-0.2, 0) is 22.4 Å². The van der Waals surface area contributed by atoms with Gasteiger partial charge >= 0.3 is 5.97 Å². The number of fused-ring (bicyclic) bond motifs is 1. The highest BCUT2D eigenvalue weighted by molar-refractivity contribution is 7.14. The zero-order valence-electron chi connectivity index (χ0n) is 14.4. The molecule has 24 heavy (non-hydrogen) atoms. The summed E-state index contributed by atoms with van der Waals surface area (Å²) in [5.41, 5.74) is 1.23. The average Bonchev–Trinajstić information content (AvgIpc) is 3.00. The Morgan fingerprint density at radius 3 is 2.58 bits per heavy atom. The van der Waals surface area contributed by atoms with E-state index in [-0.39, 0.29) is 17.8 Å². The topological polar surface area (TPSA) is 55.8 Å². The van der Waals surface area contributed by atoms with Gasteiger partial charge in [0.2, 0.25) is 0 Å². The quantitative estimate of drug-likeness (QED) is 0.783. The van der Waals surface area contributed by atoms with Gasteiger partial charge in [0.1, 0.15) is 10.6 Å². The maximum atomic E-state index is 12.9. The number of esters is 1. The standard InChI is InChI=1S/C18H25NO4S/c1-3-23-18(21)12-8-10-19(11-9-12)17(20)16-15(22-2)13-6-4-5-7-14(13)24-16/h12H,3-11H2,1-2H3. The van der Waals surface area contributed by atoms with E-state index in [1.54, 1.807) is 18.4 Å². The number of aryl methyl sites for hydroxylation is 1. The van der Waals surface area contributed by atoms with Crippen molar-refractivity contribution in [3.8, 4) is 5.75 Å². The Balaban J connectivity index is 1.70. The maximum absolute atomic E-state index is 12.9. The number of thiophene rings is 1. The van der Waals surface area contributed by atoms with Crippen LogP contribution in [0.25, 0.3) is 0 Å². The van der Waals surface area contributed by atoms with E-state index < -0.39 is 0 Å². The Morgan fingerprint density at radius 2 is 1.92 bits per heavy atom. The second kappa shape index (κ2) is 7.55. The number of amides is 1. The highest BCUT2D eigenvalue weighted by atomic mass is 32.1. The van der Waals surface area contributed by atoms with E-state index in [1.165, 1.54) is 23.3 Å². The van der Waals surface area contributed by atoms with Crippen LogP contribution in [0.15, 0.2) is 0 Å². The number of carbonyl (C=O) groups is 2. The van der Waals surface area contributed by atoms with Crippen molar-refractivity contribution in [2.75, 3.05) is 26.8 Å². The number of nitrogens with zero attached hydrogens (tertiary/aromatic N) is 1. The number of ether oxygens (including phenoxy) is 2. The molecule has 0 aromatic carbocycles. The van der Waals surface area contributed by atoms with Crippen LogP contribution < -0.4 is 4.74 Å². The first-order valence-electron chi connectivity index (χ1n) is 8.80. The molecule has 3 rings (SSSR count). The van der Waals surface area contributed by atoms with E-state index in [0.717, 1.165) is 23.5 Å². The van der Waals surface area contributed by atoms with Gasteiger partial charge in [-0.05, 0) is 45.4 Å². The second-order valence-electron chi connectivity index (χ2n) is 6.39. The lowest BCUT2D eigenvalue weighted by Gasteiger charge is -2.30. The van der Waals surface area contributed by atoms with E-state index in [1.807, 2.05) is 11.8 Å². The molecule has 5 nitrogen and oxygen atoms in total. The smallest absolute Gasteiger partial charge is 0.309 e. The van der Waals surface area contributed by atoms with Crippen molar-refractivity contribution < 1.29 is 19.1 Å².